The molecule has 3 heteroatoms. The van der Waals surface area contributed by atoms with Crippen molar-refractivity contribution in [1.29, 1.82) is 0 Å². The summed E-state index contributed by atoms with van der Waals surface area (Å²) in [4.78, 5) is 4.47. The minimum Gasteiger partial charge on any atom is -0.492 e. The van der Waals surface area contributed by atoms with Gasteiger partial charge < -0.3 is 5.11 Å². The summed E-state index contributed by atoms with van der Waals surface area (Å²) < 4.78 is 0. The van der Waals surface area contributed by atoms with E-state index in [1.807, 2.05) is 6.92 Å². The Kier molecular flexibility index (Phi) is 0.982. The average Bonchev–Trinajstić information content (AvgIpc) is 1.91. The maximum Gasteiger partial charge on any atom is 0.224 e. The van der Waals surface area contributed by atoms with Crippen molar-refractivity contribution in [3.05, 3.63) is 10.4 Å². The molecule has 1 rings (SSSR count). The Bertz CT molecular complexity index is 144. The van der Waals surface area contributed by atoms with Crippen molar-refractivity contribution in [1.82, 2.24) is 4.98 Å². The summed E-state index contributed by atoms with van der Waals surface area (Å²) in [5, 5.41) is 8.66. The Morgan fingerprint density at radius 2 is 2.57 bits per heavy atom. The predicted molar refractivity (Wildman–Crippen MR) is 28.5 cm³/mol. The number of rotatable bonds is 0. The highest BCUT2D eigenvalue weighted by Crippen LogP contribution is 2.15. The molecule has 1 N–H and O–H groups in total. The summed E-state index contributed by atoms with van der Waals surface area (Å²) in [6.07, 6.45) is 0. The number of aryl methyl sites for hydroxylation is 1. The van der Waals surface area contributed by atoms with Gasteiger partial charge >= 0.3 is 0 Å². The number of hydrogen-bond acceptors (Lipinski definition) is 3. The van der Waals surface area contributed by atoms with E-state index in [9.17, 15) is 0 Å². The molecule has 0 atom stereocenters. The minimum absolute atomic E-state index is 0.157. The first kappa shape index (κ1) is 4.59. The molecule has 1 aromatic rings. The zero-order valence-electron chi connectivity index (χ0n) is 3.88. The summed E-state index contributed by atoms with van der Waals surface area (Å²) in [5.74, 6) is 0.157. The van der Waals surface area contributed by atoms with Crippen molar-refractivity contribution in [2.45, 2.75) is 6.92 Å². The topological polar surface area (TPSA) is 33.1 Å². The Hall–Kier alpha value is -0.570. The number of aromatic nitrogens is 1. The highest BCUT2D eigenvalue weighted by molar-refractivity contribution is 7.09. The lowest BCUT2D eigenvalue weighted by Gasteiger charge is -1.77. The third-order valence-corrected chi connectivity index (χ3v) is 1.47. The van der Waals surface area contributed by atoms with Crippen molar-refractivity contribution in [3.8, 4) is 5.88 Å². The van der Waals surface area contributed by atoms with Crippen LogP contribution in [0.25, 0.3) is 0 Å². The molecule has 0 amide bonds. The molecule has 0 radical (unpaired) electrons. The molecule has 0 aliphatic rings. The quantitative estimate of drug-likeness (QED) is 0.550. The van der Waals surface area contributed by atoms with Crippen LogP contribution in [0.15, 0.2) is 5.51 Å². The minimum atomic E-state index is 0.157. The third kappa shape index (κ3) is 0.718. The van der Waals surface area contributed by atoms with Crippen molar-refractivity contribution in [2.75, 3.05) is 0 Å². The lowest BCUT2D eigenvalue weighted by Crippen LogP contribution is -1.60. The van der Waals surface area contributed by atoms with E-state index in [2.05, 4.69) is 4.98 Å². The van der Waals surface area contributed by atoms with E-state index in [0.717, 1.165) is 4.88 Å². The van der Waals surface area contributed by atoms with Gasteiger partial charge in [-0.1, -0.05) is 0 Å². The normalized spacial score (nSPS) is 9.29. The van der Waals surface area contributed by atoms with Crippen molar-refractivity contribution in [3.63, 3.8) is 0 Å². The molecule has 0 aliphatic carbocycles. The average molecular weight is 115 g/mol. The van der Waals surface area contributed by atoms with E-state index in [1.165, 1.54) is 11.3 Å². The van der Waals surface area contributed by atoms with Crippen molar-refractivity contribution in [2.24, 2.45) is 0 Å². The molecule has 2 nitrogen and oxygen atoms in total. The van der Waals surface area contributed by atoms with Gasteiger partial charge in [-0.2, -0.15) is 0 Å². The van der Waals surface area contributed by atoms with E-state index in [1.54, 1.807) is 5.51 Å². The molecule has 0 saturated carbocycles. The van der Waals surface area contributed by atoms with Crippen LogP contribution in [-0.2, 0) is 0 Å². The monoisotopic (exact) mass is 115 g/mol. The smallest absolute Gasteiger partial charge is 0.224 e. The van der Waals surface area contributed by atoms with Gasteiger partial charge in [-0.15, -0.1) is 11.3 Å². The lowest BCUT2D eigenvalue weighted by atomic mass is 10.6. The maximum absolute atomic E-state index is 8.66. The van der Waals surface area contributed by atoms with Crippen LogP contribution >= 0.6 is 11.3 Å². The van der Waals surface area contributed by atoms with Gasteiger partial charge in [0.1, 0.15) is 0 Å². The van der Waals surface area contributed by atoms with E-state index >= 15 is 0 Å². The van der Waals surface area contributed by atoms with Crippen LogP contribution in [0.5, 0.6) is 5.88 Å². The molecular weight excluding hydrogens is 110 g/mol. The number of nitrogens with zero attached hydrogens (tertiary/aromatic N) is 1. The molecule has 38 valence electrons. The van der Waals surface area contributed by atoms with Gasteiger partial charge in [-0.25, -0.2) is 4.98 Å². The third-order valence-electron chi connectivity index (χ3n) is 0.719. The Morgan fingerprint density at radius 1 is 1.86 bits per heavy atom. The SMILES string of the molecule is Cc1scnc1O. The van der Waals surface area contributed by atoms with Crippen molar-refractivity contribution < 1.29 is 5.11 Å². The number of thiazole rings is 1. The zero-order chi connectivity index (χ0) is 5.28. The van der Waals surface area contributed by atoms with E-state index < -0.39 is 0 Å². The van der Waals surface area contributed by atoms with E-state index in [4.69, 9.17) is 5.11 Å². The van der Waals surface area contributed by atoms with Gasteiger partial charge in [0.05, 0.1) is 10.4 Å². The fourth-order valence-corrected chi connectivity index (χ4v) is 0.768. The fraction of sp³-hybridized carbons (Fsp3) is 0.250. The van der Waals surface area contributed by atoms with Gasteiger partial charge in [0.2, 0.25) is 5.88 Å². The molecule has 0 spiro atoms. The Balaban J connectivity index is 3.12. The van der Waals surface area contributed by atoms with Gasteiger partial charge in [-0.05, 0) is 6.92 Å². The highest BCUT2D eigenvalue weighted by Gasteiger charge is 1.92. The second-order valence-electron chi connectivity index (χ2n) is 1.23. The molecule has 1 aromatic heterocycles. The van der Waals surface area contributed by atoms with Gasteiger partial charge in [0.15, 0.2) is 0 Å². The van der Waals surface area contributed by atoms with Crippen LogP contribution < -0.4 is 0 Å². The lowest BCUT2D eigenvalue weighted by molar-refractivity contribution is 0.453. The molecule has 0 fully saturated rings. The first-order valence-electron chi connectivity index (χ1n) is 1.90. The van der Waals surface area contributed by atoms with Crippen LogP contribution in [0, 0.1) is 6.92 Å². The van der Waals surface area contributed by atoms with Gasteiger partial charge in [0, 0.05) is 0 Å². The largest absolute Gasteiger partial charge is 0.492 e. The molecular formula is C4H5NOS. The standard InChI is InChI=1S/C4H5NOS/c1-3-4(6)5-2-7-3/h2,6H,1H3. The maximum atomic E-state index is 8.66. The number of hydrogen-bond donors (Lipinski definition) is 1. The van der Waals surface area contributed by atoms with Crippen LogP contribution in [0.1, 0.15) is 4.88 Å². The second-order valence-corrected chi connectivity index (χ2v) is 2.29. The summed E-state index contributed by atoms with van der Waals surface area (Å²) in [6.45, 7) is 1.83. The summed E-state index contributed by atoms with van der Waals surface area (Å²) in [6, 6.07) is 0. The van der Waals surface area contributed by atoms with Crippen LogP contribution in [0.2, 0.25) is 0 Å². The van der Waals surface area contributed by atoms with Crippen LogP contribution in [0.3, 0.4) is 0 Å². The van der Waals surface area contributed by atoms with Crippen molar-refractivity contribution >= 4 is 11.3 Å². The van der Waals surface area contributed by atoms with Gasteiger partial charge in [-0.3, -0.25) is 0 Å². The molecule has 0 aromatic carbocycles. The van der Waals surface area contributed by atoms with E-state index in [0.29, 0.717) is 0 Å². The molecule has 1 heterocycles. The molecule has 7 heavy (non-hydrogen) atoms. The Morgan fingerprint density at radius 3 is 2.71 bits per heavy atom. The predicted octanol–water partition coefficient (Wildman–Crippen LogP) is 1.16. The summed E-state index contributed by atoms with van der Waals surface area (Å²) >= 11 is 1.44. The van der Waals surface area contributed by atoms with E-state index in [-0.39, 0.29) is 5.88 Å². The molecule has 0 unspecified atom stereocenters. The summed E-state index contributed by atoms with van der Waals surface area (Å²) in [5.41, 5.74) is 1.62. The highest BCUT2D eigenvalue weighted by atomic mass is 32.1. The zero-order valence-corrected chi connectivity index (χ0v) is 4.70. The Labute approximate surface area is 45.5 Å². The molecule has 0 bridgehead atoms. The fourth-order valence-electron chi connectivity index (χ4n) is 0.299. The van der Waals surface area contributed by atoms with Gasteiger partial charge in [0.25, 0.3) is 0 Å². The first-order chi connectivity index (χ1) is 3.30. The van der Waals surface area contributed by atoms with Crippen LogP contribution in [-0.4, -0.2) is 10.1 Å². The number of aromatic hydroxyl groups is 1. The van der Waals surface area contributed by atoms with Crippen LogP contribution in [0.4, 0.5) is 0 Å². The molecule has 0 saturated heterocycles. The molecule has 0 aliphatic heterocycles. The first-order valence-corrected chi connectivity index (χ1v) is 2.77. The second kappa shape index (κ2) is 1.50. The summed E-state index contributed by atoms with van der Waals surface area (Å²) in [7, 11) is 0.